The van der Waals surface area contributed by atoms with Gasteiger partial charge < -0.3 is 0 Å². The Balaban J connectivity index is 1.27. The van der Waals surface area contributed by atoms with Crippen molar-refractivity contribution in [3.8, 4) is 33.5 Å². The zero-order valence-corrected chi connectivity index (χ0v) is 22.1. The van der Waals surface area contributed by atoms with Gasteiger partial charge in [0.25, 0.3) is 0 Å². The Morgan fingerprint density at radius 3 is 2.11 bits per heavy atom. The van der Waals surface area contributed by atoms with Gasteiger partial charge in [-0.05, 0) is 51.6 Å². The lowest BCUT2D eigenvalue weighted by molar-refractivity contribution is 0.660. The standard InChI is InChI=1S/C36H25NS/c1-36(2)29-12-6-3-9-25(29)28-21-24(19-20-30(28)36)22-15-17-23(18-16-22)34-35-33(26-10-4-7-13-31(26)37-34)27-11-5-8-14-32(27)38-35/h3-21H,1-2H3. The van der Waals surface area contributed by atoms with E-state index in [9.17, 15) is 0 Å². The molecular weight excluding hydrogens is 478 g/mol. The van der Waals surface area contributed by atoms with E-state index in [1.54, 1.807) is 0 Å². The third kappa shape index (κ3) is 3.01. The summed E-state index contributed by atoms with van der Waals surface area (Å²) in [6.45, 7) is 4.66. The van der Waals surface area contributed by atoms with Crippen molar-refractivity contribution in [3.63, 3.8) is 0 Å². The van der Waals surface area contributed by atoms with Crippen molar-refractivity contribution in [3.05, 3.63) is 126 Å². The molecule has 0 unspecified atom stereocenters. The van der Waals surface area contributed by atoms with E-state index in [1.807, 2.05) is 11.3 Å². The van der Waals surface area contributed by atoms with Crippen LogP contribution >= 0.6 is 11.3 Å². The monoisotopic (exact) mass is 503 g/mol. The molecule has 7 aromatic rings. The van der Waals surface area contributed by atoms with Crippen molar-refractivity contribution < 1.29 is 0 Å². The van der Waals surface area contributed by atoms with Crippen molar-refractivity contribution in [2.75, 3.05) is 0 Å². The first-order valence-electron chi connectivity index (χ1n) is 13.1. The SMILES string of the molecule is CC1(C)c2ccccc2-c2cc(-c3ccc(-c4nc5ccccc5c5c4sc4ccccc45)cc3)ccc21. The van der Waals surface area contributed by atoms with Crippen molar-refractivity contribution in [2.24, 2.45) is 0 Å². The van der Waals surface area contributed by atoms with Crippen LogP contribution in [0, 0.1) is 0 Å². The summed E-state index contributed by atoms with van der Waals surface area (Å²) < 4.78 is 2.56. The van der Waals surface area contributed by atoms with Gasteiger partial charge >= 0.3 is 0 Å². The van der Waals surface area contributed by atoms with Crippen LogP contribution in [0.15, 0.2) is 115 Å². The number of aromatic nitrogens is 1. The van der Waals surface area contributed by atoms with Crippen LogP contribution in [0.25, 0.3) is 64.6 Å². The van der Waals surface area contributed by atoms with E-state index in [2.05, 4.69) is 129 Å². The van der Waals surface area contributed by atoms with E-state index < -0.39 is 0 Å². The zero-order chi connectivity index (χ0) is 25.4. The molecule has 0 atom stereocenters. The molecule has 0 N–H and O–H groups in total. The second-order valence-corrected chi connectivity index (χ2v) is 11.8. The van der Waals surface area contributed by atoms with Crippen LogP contribution in [0.4, 0.5) is 0 Å². The third-order valence-electron chi connectivity index (χ3n) is 8.29. The molecule has 1 aliphatic rings. The van der Waals surface area contributed by atoms with Crippen molar-refractivity contribution >= 4 is 42.4 Å². The maximum Gasteiger partial charge on any atom is 0.0888 e. The van der Waals surface area contributed by atoms with Gasteiger partial charge in [0.05, 0.1) is 15.9 Å². The number of thiophene rings is 1. The summed E-state index contributed by atoms with van der Waals surface area (Å²) in [5.74, 6) is 0. The molecule has 1 nitrogen and oxygen atoms in total. The average molecular weight is 504 g/mol. The van der Waals surface area contributed by atoms with Gasteiger partial charge in [0.2, 0.25) is 0 Å². The van der Waals surface area contributed by atoms with Crippen molar-refractivity contribution in [1.82, 2.24) is 4.98 Å². The van der Waals surface area contributed by atoms with Crippen LogP contribution in [0.2, 0.25) is 0 Å². The highest BCUT2D eigenvalue weighted by atomic mass is 32.1. The molecular formula is C36H25NS. The van der Waals surface area contributed by atoms with Gasteiger partial charge in [-0.1, -0.05) is 111 Å². The summed E-state index contributed by atoms with van der Waals surface area (Å²) in [6.07, 6.45) is 0. The molecule has 2 heteroatoms. The minimum Gasteiger partial charge on any atom is -0.246 e. The quantitative estimate of drug-likeness (QED) is 0.229. The summed E-state index contributed by atoms with van der Waals surface area (Å²) in [4.78, 5) is 5.17. The van der Waals surface area contributed by atoms with E-state index >= 15 is 0 Å². The minimum absolute atomic E-state index is 0.0334. The van der Waals surface area contributed by atoms with Gasteiger partial charge in [0.15, 0.2) is 0 Å². The summed E-state index contributed by atoms with van der Waals surface area (Å²) in [6, 6.07) is 42.0. The Labute approximate surface area is 226 Å². The molecule has 180 valence electrons. The number of nitrogens with zero attached hydrogens (tertiary/aromatic N) is 1. The first-order chi connectivity index (χ1) is 18.6. The zero-order valence-electron chi connectivity index (χ0n) is 21.3. The first kappa shape index (κ1) is 21.8. The Hall–Kier alpha value is -4.27. The van der Waals surface area contributed by atoms with Gasteiger partial charge in [0, 0.05) is 31.8 Å². The summed E-state index contributed by atoms with van der Waals surface area (Å²) in [5.41, 5.74) is 11.3. The largest absolute Gasteiger partial charge is 0.246 e. The van der Waals surface area contributed by atoms with Crippen molar-refractivity contribution in [2.45, 2.75) is 19.3 Å². The minimum atomic E-state index is 0.0334. The fourth-order valence-electron chi connectivity index (χ4n) is 6.35. The highest BCUT2D eigenvalue weighted by molar-refractivity contribution is 7.26. The first-order valence-corrected chi connectivity index (χ1v) is 14.0. The number of benzene rings is 5. The topological polar surface area (TPSA) is 12.9 Å². The van der Waals surface area contributed by atoms with E-state index in [0.717, 1.165) is 16.8 Å². The summed E-state index contributed by atoms with van der Waals surface area (Å²) in [5, 5.41) is 3.85. The smallest absolute Gasteiger partial charge is 0.0888 e. The molecule has 1 aliphatic carbocycles. The molecule has 2 aromatic heterocycles. The van der Waals surface area contributed by atoms with Crippen LogP contribution in [0.5, 0.6) is 0 Å². The fraction of sp³-hybridized carbons (Fsp3) is 0.0833. The third-order valence-corrected chi connectivity index (χ3v) is 9.47. The number of hydrogen-bond donors (Lipinski definition) is 0. The molecule has 5 aromatic carbocycles. The fourth-order valence-corrected chi connectivity index (χ4v) is 7.58. The van der Waals surface area contributed by atoms with Gasteiger partial charge in [-0.25, -0.2) is 4.98 Å². The maximum atomic E-state index is 5.17. The Kier molecular flexibility index (Phi) is 4.51. The lowest BCUT2D eigenvalue weighted by Crippen LogP contribution is -2.14. The second-order valence-electron chi connectivity index (χ2n) is 10.8. The van der Waals surface area contributed by atoms with Crippen molar-refractivity contribution in [1.29, 1.82) is 0 Å². The molecule has 0 fully saturated rings. The van der Waals surface area contributed by atoms with Crippen LogP contribution in [-0.2, 0) is 5.41 Å². The number of hydrogen-bond acceptors (Lipinski definition) is 2. The lowest BCUT2D eigenvalue weighted by Gasteiger charge is -2.21. The number of pyridine rings is 1. The molecule has 0 aliphatic heterocycles. The molecule has 0 saturated heterocycles. The second kappa shape index (κ2) is 7.86. The number of fused-ring (bicyclic) bond motifs is 8. The molecule has 8 rings (SSSR count). The highest BCUT2D eigenvalue weighted by Gasteiger charge is 2.35. The van der Waals surface area contributed by atoms with Gasteiger partial charge in [-0.3, -0.25) is 0 Å². The molecule has 0 bridgehead atoms. The maximum absolute atomic E-state index is 5.17. The van der Waals surface area contributed by atoms with Crippen LogP contribution in [-0.4, -0.2) is 4.98 Å². The van der Waals surface area contributed by atoms with Crippen LogP contribution < -0.4 is 0 Å². The molecule has 0 amide bonds. The van der Waals surface area contributed by atoms with E-state index in [-0.39, 0.29) is 5.41 Å². The Bertz CT molecular complexity index is 2040. The Morgan fingerprint density at radius 1 is 0.579 bits per heavy atom. The lowest BCUT2D eigenvalue weighted by atomic mass is 9.82. The molecule has 0 radical (unpaired) electrons. The van der Waals surface area contributed by atoms with Crippen LogP contribution in [0.3, 0.4) is 0 Å². The predicted molar refractivity (Wildman–Crippen MR) is 163 cm³/mol. The molecule has 0 saturated carbocycles. The average Bonchev–Trinajstić information content (AvgIpc) is 3.46. The van der Waals surface area contributed by atoms with E-state index in [0.29, 0.717) is 0 Å². The Morgan fingerprint density at radius 2 is 1.24 bits per heavy atom. The number of rotatable bonds is 2. The molecule has 0 spiro atoms. The molecule has 2 heterocycles. The van der Waals surface area contributed by atoms with Gasteiger partial charge in [-0.2, -0.15) is 0 Å². The summed E-state index contributed by atoms with van der Waals surface area (Å²) in [7, 11) is 0. The number of para-hydroxylation sites is 1. The molecule has 38 heavy (non-hydrogen) atoms. The van der Waals surface area contributed by atoms with E-state index in [1.165, 1.54) is 58.9 Å². The summed E-state index contributed by atoms with van der Waals surface area (Å²) >= 11 is 1.84. The van der Waals surface area contributed by atoms with Crippen LogP contribution in [0.1, 0.15) is 25.0 Å². The van der Waals surface area contributed by atoms with E-state index in [4.69, 9.17) is 4.98 Å². The van der Waals surface area contributed by atoms with Gasteiger partial charge in [0.1, 0.15) is 0 Å². The normalized spacial score (nSPS) is 13.7. The highest BCUT2D eigenvalue weighted by Crippen LogP contribution is 2.49. The van der Waals surface area contributed by atoms with Gasteiger partial charge in [-0.15, -0.1) is 11.3 Å². The predicted octanol–water partition coefficient (Wildman–Crippen LogP) is 10.2.